The minimum absolute atomic E-state index is 0.0892. The normalized spacial score (nSPS) is 15.8. The van der Waals surface area contributed by atoms with E-state index < -0.39 is 10.0 Å². The average Bonchev–Trinajstić information content (AvgIpc) is 2.47. The molecule has 0 aromatic heterocycles. The maximum absolute atomic E-state index is 12.0. The molecule has 7 heteroatoms. The zero-order valence-corrected chi connectivity index (χ0v) is 15.5. The van der Waals surface area contributed by atoms with E-state index in [-0.39, 0.29) is 12.5 Å². The van der Waals surface area contributed by atoms with Crippen LogP contribution >= 0.6 is 0 Å². The second-order valence-electron chi connectivity index (χ2n) is 6.46. The smallest absolute Gasteiger partial charge is 0.235 e. The quantitative estimate of drug-likeness (QED) is 0.477. The highest BCUT2D eigenvalue weighted by Gasteiger charge is 2.20. The molecular weight excluding hydrogens is 314 g/mol. The van der Waals surface area contributed by atoms with E-state index in [4.69, 9.17) is 0 Å². The van der Waals surface area contributed by atoms with Crippen molar-refractivity contribution in [2.45, 2.75) is 38.5 Å². The molecule has 134 valence electrons. The zero-order valence-electron chi connectivity index (χ0n) is 14.7. The first-order chi connectivity index (χ1) is 10.8. The van der Waals surface area contributed by atoms with Gasteiger partial charge in [-0.1, -0.05) is 11.6 Å². The van der Waals surface area contributed by atoms with Crippen molar-refractivity contribution in [3.05, 3.63) is 11.6 Å². The first-order valence-corrected chi connectivity index (χ1v) is 10.2. The molecule has 0 heterocycles. The molecule has 0 saturated heterocycles. The highest BCUT2D eigenvalue weighted by molar-refractivity contribution is 7.88. The SMILES string of the molecule is CN(C)CCCNC(=O)CN(CCC1=CCCCC1)S(C)(=O)=O. The molecule has 1 N–H and O–H groups in total. The second-order valence-corrected chi connectivity index (χ2v) is 8.44. The molecule has 0 atom stereocenters. The number of carbonyl (C=O) groups excluding carboxylic acids is 1. The van der Waals surface area contributed by atoms with E-state index in [1.807, 2.05) is 19.0 Å². The molecule has 0 fully saturated rings. The molecule has 1 aliphatic rings. The van der Waals surface area contributed by atoms with Crippen LogP contribution in [0.2, 0.25) is 0 Å². The standard InChI is InChI=1S/C16H31N3O3S/c1-18(2)12-7-11-17-16(20)14-19(23(3,21)22)13-10-15-8-5-4-6-9-15/h8H,4-7,9-14H2,1-3H3,(H,17,20). The summed E-state index contributed by atoms with van der Waals surface area (Å²) >= 11 is 0. The van der Waals surface area contributed by atoms with Gasteiger partial charge in [0.2, 0.25) is 15.9 Å². The largest absolute Gasteiger partial charge is 0.355 e. The summed E-state index contributed by atoms with van der Waals surface area (Å²) in [6.45, 7) is 1.76. The molecule has 1 aliphatic carbocycles. The number of nitrogens with zero attached hydrogens (tertiary/aromatic N) is 2. The van der Waals surface area contributed by atoms with Crippen LogP contribution in [0.4, 0.5) is 0 Å². The summed E-state index contributed by atoms with van der Waals surface area (Å²) in [6.07, 6.45) is 9.49. The molecule has 0 aromatic carbocycles. The van der Waals surface area contributed by atoms with E-state index >= 15 is 0 Å². The van der Waals surface area contributed by atoms with Crippen LogP contribution in [0.3, 0.4) is 0 Å². The molecular formula is C16H31N3O3S. The van der Waals surface area contributed by atoms with Crippen molar-refractivity contribution in [2.24, 2.45) is 0 Å². The predicted octanol–water partition coefficient (Wildman–Crippen LogP) is 1.21. The van der Waals surface area contributed by atoms with Gasteiger partial charge in [0.1, 0.15) is 0 Å². The third kappa shape index (κ3) is 9.07. The number of hydrogen-bond acceptors (Lipinski definition) is 4. The maximum atomic E-state index is 12.0. The van der Waals surface area contributed by atoms with Crippen molar-refractivity contribution in [2.75, 3.05) is 46.5 Å². The number of nitrogens with one attached hydrogen (secondary N) is 1. The summed E-state index contributed by atoms with van der Waals surface area (Å²) in [4.78, 5) is 14.0. The summed E-state index contributed by atoms with van der Waals surface area (Å²) < 4.78 is 25.0. The van der Waals surface area contributed by atoms with Gasteiger partial charge in [-0.3, -0.25) is 4.79 Å². The Labute approximate surface area is 141 Å². The molecule has 0 unspecified atom stereocenters. The van der Waals surface area contributed by atoms with E-state index in [9.17, 15) is 13.2 Å². The number of hydrogen-bond donors (Lipinski definition) is 1. The molecule has 23 heavy (non-hydrogen) atoms. The van der Waals surface area contributed by atoms with Gasteiger partial charge in [0, 0.05) is 13.1 Å². The van der Waals surface area contributed by atoms with Crippen LogP contribution in [-0.4, -0.2) is 70.1 Å². The lowest BCUT2D eigenvalue weighted by atomic mass is 9.97. The molecule has 0 aromatic rings. The first-order valence-electron chi connectivity index (χ1n) is 8.33. The second kappa shape index (κ2) is 10.1. The van der Waals surface area contributed by atoms with Crippen LogP contribution in [0.1, 0.15) is 38.5 Å². The summed E-state index contributed by atoms with van der Waals surface area (Å²) in [5.74, 6) is -0.230. The summed E-state index contributed by atoms with van der Waals surface area (Å²) in [5, 5.41) is 2.79. The van der Waals surface area contributed by atoms with Gasteiger partial charge < -0.3 is 10.2 Å². The lowest BCUT2D eigenvalue weighted by Gasteiger charge is -2.21. The van der Waals surface area contributed by atoms with E-state index in [1.165, 1.54) is 29.0 Å². The Morgan fingerprint density at radius 2 is 2.00 bits per heavy atom. The Kier molecular flexibility index (Phi) is 8.79. The first kappa shape index (κ1) is 20.1. The van der Waals surface area contributed by atoms with Crippen LogP contribution in [0, 0.1) is 0 Å². The van der Waals surface area contributed by atoms with E-state index in [2.05, 4.69) is 11.4 Å². The van der Waals surface area contributed by atoms with Crippen LogP contribution in [0.25, 0.3) is 0 Å². The fourth-order valence-electron chi connectivity index (χ4n) is 2.60. The van der Waals surface area contributed by atoms with E-state index in [0.717, 1.165) is 32.2 Å². The molecule has 0 bridgehead atoms. The minimum atomic E-state index is -3.37. The van der Waals surface area contributed by atoms with Crippen molar-refractivity contribution >= 4 is 15.9 Å². The fourth-order valence-corrected chi connectivity index (χ4v) is 3.38. The minimum Gasteiger partial charge on any atom is -0.355 e. The monoisotopic (exact) mass is 345 g/mol. The third-order valence-corrected chi connectivity index (χ3v) is 5.21. The Bertz CT molecular complexity index is 501. The Morgan fingerprint density at radius 1 is 1.26 bits per heavy atom. The number of allylic oxidation sites excluding steroid dienone is 1. The highest BCUT2D eigenvalue weighted by Crippen LogP contribution is 2.20. The Hall–Kier alpha value is -0.920. The van der Waals surface area contributed by atoms with Gasteiger partial charge >= 0.3 is 0 Å². The zero-order chi connectivity index (χ0) is 17.3. The topological polar surface area (TPSA) is 69.7 Å². The predicted molar refractivity (Wildman–Crippen MR) is 93.8 cm³/mol. The molecule has 1 amide bonds. The van der Waals surface area contributed by atoms with Gasteiger partial charge in [-0.15, -0.1) is 0 Å². The van der Waals surface area contributed by atoms with Crippen molar-refractivity contribution in [3.63, 3.8) is 0 Å². The highest BCUT2D eigenvalue weighted by atomic mass is 32.2. The summed E-state index contributed by atoms with van der Waals surface area (Å²) in [5.41, 5.74) is 1.32. The maximum Gasteiger partial charge on any atom is 0.235 e. The molecule has 0 aliphatic heterocycles. The Morgan fingerprint density at radius 3 is 2.57 bits per heavy atom. The molecule has 1 rings (SSSR count). The van der Waals surface area contributed by atoms with Crippen molar-refractivity contribution in [1.82, 2.24) is 14.5 Å². The number of amides is 1. The average molecular weight is 346 g/mol. The molecule has 6 nitrogen and oxygen atoms in total. The van der Waals surface area contributed by atoms with E-state index in [0.29, 0.717) is 13.1 Å². The fraction of sp³-hybridized carbons (Fsp3) is 0.812. The van der Waals surface area contributed by atoms with Crippen molar-refractivity contribution in [3.8, 4) is 0 Å². The van der Waals surface area contributed by atoms with Crippen LogP contribution in [0.5, 0.6) is 0 Å². The van der Waals surface area contributed by atoms with Crippen LogP contribution in [0.15, 0.2) is 11.6 Å². The van der Waals surface area contributed by atoms with Gasteiger partial charge in [-0.05, 0) is 59.2 Å². The van der Waals surface area contributed by atoms with Gasteiger partial charge in [0.25, 0.3) is 0 Å². The van der Waals surface area contributed by atoms with Gasteiger partial charge in [-0.25, -0.2) is 8.42 Å². The lowest BCUT2D eigenvalue weighted by molar-refractivity contribution is -0.121. The number of sulfonamides is 1. The van der Waals surface area contributed by atoms with Crippen molar-refractivity contribution < 1.29 is 13.2 Å². The molecule has 0 spiro atoms. The molecule has 0 radical (unpaired) electrons. The van der Waals surface area contributed by atoms with Gasteiger partial charge in [0.05, 0.1) is 12.8 Å². The van der Waals surface area contributed by atoms with Gasteiger partial charge in [0.15, 0.2) is 0 Å². The summed E-state index contributed by atoms with van der Waals surface area (Å²) in [7, 11) is 0.591. The molecule has 0 saturated carbocycles. The van der Waals surface area contributed by atoms with Crippen LogP contribution in [-0.2, 0) is 14.8 Å². The van der Waals surface area contributed by atoms with E-state index in [1.54, 1.807) is 0 Å². The number of carbonyl (C=O) groups is 1. The third-order valence-electron chi connectivity index (χ3n) is 3.96. The van der Waals surface area contributed by atoms with Crippen molar-refractivity contribution in [1.29, 1.82) is 0 Å². The summed E-state index contributed by atoms with van der Waals surface area (Å²) in [6, 6.07) is 0. The lowest BCUT2D eigenvalue weighted by Crippen LogP contribution is -2.41. The van der Waals surface area contributed by atoms with Gasteiger partial charge in [-0.2, -0.15) is 4.31 Å². The Balaban J connectivity index is 2.41. The van der Waals surface area contributed by atoms with Crippen LogP contribution < -0.4 is 5.32 Å². The number of rotatable bonds is 10.